The molecule has 0 atom stereocenters. The summed E-state index contributed by atoms with van der Waals surface area (Å²) >= 11 is 0. The maximum absolute atomic E-state index is 10.9. The molecule has 0 saturated carbocycles. The van der Waals surface area contributed by atoms with E-state index in [0.717, 1.165) is 0 Å². The summed E-state index contributed by atoms with van der Waals surface area (Å²) in [5.74, 6) is -0.203. The van der Waals surface area contributed by atoms with Crippen LogP contribution in [-0.2, 0) is 0 Å². The van der Waals surface area contributed by atoms with Crippen molar-refractivity contribution in [2.75, 3.05) is 0 Å². The predicted molar refractivity (Wildman–Crippen MR) is 44.4 cm³/mol. The van der Waals surface area contributed by atoms with Gasteiger partial charge in [0.05, 0.1) is 5.56 Å². The van der Waals surface area contributed by atoms with Gasteiger partial charge >= 0.3 is 0 Å². The van der Waals surface area contributed by atoms with Crippen LogP contribution in [0.4, 0.5) is 0 Å². The smallest absolute Gasteiger partial charge is 0.292 e. The second-order valence-corrected chi connectivity index (χ2v) is 2.43. The molecule has 1 aromatic carbocycles. The molecule has 4 nitrogen and oxygen atoms in total. The Labute approximate surface area is 75.0 Å². The van der Waals surface area contributed by atoms with Crippen LogP contribution in [0.3, 0.4) is 0 Å². The highest BCUT2D eigenvalue weighted by Gasteiger charge is 2.07. The second kappa shape index (κ2) is 3.59. The first-order valence-electron chi connectivity index (χ1n) is 3.55. The van der Waals surface area contributed by atoms with Gasteiger partial charge < -0.3 is 9.84 Å². The fraction of sp³-hybridized carbons (Fsp3) is 0.111. The molecule has 0 aromatic heterocycles. The van der Waals surface area contributed by atoms with Crippen LogP contribution in [0.1, 0.15) is 17.3 Å². The minimum Gasteiger partial charge on any atom is -0.507 e. The number of hydrogen-bond acceptors (Lipinski definition) is 4. The third kappa shape index (κ3) is 1.97. The SMILES string of the molecule is CC(=O)c1ccc(OC#N)cc1O. The van der Waals surface area contributed by atoms with Crippen molar-refractivity contribution in [3.05, 3.63) is 23.8 Å². The molecule has 0 aliphatic heterocycles. The van der Waals surface area contributed by atoms with Gasteiger partial charge in [-0.3, -0.25) is 4.79 Å². The molecular formula is C9H7NO3. The van der Waals surface area contributed by atoms with Gasteiger partial charge in [0.15, 0.2) is 5.78 Å². The first kappa shape index (κ1) is 9.07. The Hall–Kier alpha value is -2.02. The van der Waals surface area contributed by atoms with E-state index >= 15 is 0 Å². The second-order valence-electron chi connectivity index (χ2n) is 2.43. The van der Waals surface area contributed by atoms with Crippen LogP contribution in [-0.4, -0.2) is 10.9 Å². The quantitative estimate of drug-likeness (QED) is 0.548. The summed E-state index contributed by atoms with van der Waals surface area (Å²) in [5, 5.41) is 17.4. The molecule has 0 amide bonds. The summed E-state index contributed by atoms with van der Waals surface area (Å²) in [6.45, 7) is 1.35. The summed E-state index contributed by atoms with van der Waals surface area (Å²) in [7, 11) is 0. The molecule has 1 N–H and O–H groups in total. The van der Waals surface area contributed by atoms with Gasteiger partial charge in [-0.05, 0) is 19.1 Å². The van der Waals surface area contributed by atoms with Crippen LogP contribution in [0.5, 0.6) is 11.5 Å². The van der Waals surface area contributed by atoms with Crippen LogP contribution < -0.4 is 4.74 Å². The normalized spacial score (nSPS) is 8.92. The molecule has 1 aromatic rings. The van der Waals surface area contributed by atoms with Crippen molar-refractivity contribution in [2.45, 2.75) is 6.92 Å². The molecule has 4 heteroatoms. The number of hydrogen-bond donors (Lipinski definition) is 1. The number of ketones is 1. The number of carbonyl (C=O) groups is 1. The Kier molecular flexibility index (Phi) is 2.50. The van der Waals surface area contributed by atoms with E-state index < -0.39 is 0 Å². The zero-order valence-corrected chi connectivity index (χ0v) is 6.94. The molecule has 0 unspecified atom stereocenters. The number of nitrogens with zero attached hydrogens (tertiary/aromatic N) is 1. The first-order chi connectivity index (χ1) is 6.15. The summed E-state index contributed by atoms with van der Waals surface area (Å²) in [4.78, 5) is 10.9. The van der Waals surface area contributed by atoms with E-state index in [1.54, 1.807) is 0 Å². The van der Waals surface area contributed by atoms with Crippen molar-refractivity contribution in [1.82, 2.24) is 0 Å². The molecule has 0 radical (unpaired) electrons. The third-order valence-electron chi connectivity index (χ3n) is 1.51. The van der Waals surface area contributed by atoms with Crippen molar-refractivity contribution < 1.29 is 14.6 Å². The number of rotatable bonds is 2. The number of nitriles is 1. The number of Topliss-reactive ketones (excluding diaryl/α,β-unsaturated/α-hetero) is 1. The summed E-state index contributed by atoms with van der Waals surface area (Å²) in [5.41, 5.74) is 0.213. The topological polar surface area (TPSA) is 70.3 Å². The van der Waals surface area contributed by atoms with Gasteiger partial charge in [0.25, 0.3) is 6.26 Å². The Morgan fingerprint density at radius 2 is 2.31 bits per heavy atom. The van der Waals surface area contributed by atoms with Crippen LogP contribution >= 0.6 is 0 Å². The molecular weight excluding hydrogens is 170 g/mol. The lowest BCUT2D eigenvalue weighted by molar-refractivity contribution is 0.101. The molecule has 13 heavy (non-hydrogen) atoms. The van der Waals surface area contributed by atoms with Gasteiger partial charge in [-0.1, -0.05) is 0 Å². The Bertz CT molecular complexity index is 379. The monoisotopic (exact) mass is 177 g/mol. The molecule has 0 fully saturated rings. The van der Waals surface area contributed by atoms with Gasteiger partial charge in [-0.15, -0.1) is 5.26 Å². The van der Waals surface area contributed by atoms with Gasteiger partial charge in [-0.2, -0.15) is 0 Å². The van der Waals surface area contributed by atoms with Gasteiger partial charge in [0, 0.05) is 6.07 Å². The average Bonchev–Trinajstić information content (AvgIpc) is 2.04. The Balaban J connectivity index is 3.07. The predicted octanol–water partition coefficient (Wildman–Crippen LogP) is 1.45. The zero-order valence-electron chi connectivity index (χ0n) is 6.94. The zero-order chi connectivity index (χ0) is 9.84. The molecule has 0 spiro atoms. The minimum absolute atomic E-state index is 0.180. The molecule has 0 bridgehead atoms. The lowest BCUT2D eigenvalue weighted by atomic mass is 10.1. The van der Waals surface area contributed by atoms with E-state index in [2.05, 4.69) is 4.74 Å². The number of ether oxygens (including phenoxy) is 1. The highest BCUT2D eigenvalue weighted by molar-refractivity contribution is 5.96. The van der Waals surface area contributed by atoms with E-state index in [1.165, 1.54) is 31.4 Å². The maximum atomic E-state index is 10.9. The highest BCUT2D eigenvalue weighted by Crippen LogP contribution is 2.23. The average molecular weight is 177 g/mol. The number of phenolic OH excluding ortho intramolecular Hbond substituents is 1. The highest BCUT2D eigenvalue weighted by atomic mass is 16.5. The molecule has 66 valence electrons. The van der Waals surface area contributed by atoms with E-state index in [1.807, 2.05) is 0 Å². The maximum Gasteiger partial charge on any atom is 0.292 e. The summed E-state index contributed by atoms with van der Waals surface area (Å²) in [6.07, 6.45) is 1.46. The standard InChI is InChI=1S/C9H7NO3/c1-6(11)8-3-2-7(13-5-10)4-9(8)12/h2-4,12H,1H3. The van der Waals surface area contributed by atoms with Crippen LogP contribution in [0.2, 0.25) is 0 Å². The first-order valence-corrected chi connectivity index (χ1v) is 3.55. The Morgan fingerprint density at radius 3 is 2.77 bits per heavy atom. The Morgan fingerprint density at radius 1 is 1.62 bits per heavy atom. The van der Waals surface area contributed by atoms with Crippen LogP contribution in [0.15, 0.2) is 18.2 Å². The van der Waals surface area contributed by atoms with Crippen molar-refractivity contribution in [3.63, 3.8) is 0 Å². The van der Waals surface area contributed by atoms with E-state index in [-0.39, 0.29) is 22.8 Å². The van der Waals surface area contributed by atoms with Gasteiger partial charge in [0.2, 0.25) is 0 Å². The molecule has 1 rings (SSSR count). The van der Waals surface area contributed by atoms with E-state index in [0.29, 0.717) is 0 Å². The van der Waals surface area contributed by atoms with Gasteiger partial charge in [-0.25, -0.2) is 0 Å². The number of carbonyl (C=O) groups excluding carboxylic acids is 1. The number of aromatic hydroxyl groups is 1. The summed E-state index contributed by atoms with van der Waals surface area (Å²) < 4.78 is 4.46. The van der Waals surface area contributed by atoms with Crippen LogP contribution in [0, 0.1) is 11.5 Å². The van der Waals surface area contributed by atoms with Crippen LogP contribution in [0.25, 0.3) is 0 Å². The molecule has 0 aliphatic rings. The van der Waals surface area contributed by atoms with Crippen molar-refractivity contribution in [1.29, 1.82) is 5.26 Å². The van der Waals surface area contributed by atoms with E-state index in [9.17, 15) is 9.90 Å². The van der Waals surface area contributed by atoms with Crippen molar-refractivity contribution in [3.8, 4) is 17.8 Å². The lowest BCUT2D eigenvalue weighted by Gasteiger charge is -2.01. The minimum atomic E-state index is -0.235. The number of phenols is 1. The third-order valence-corrected chi connectivity index (χ3v) is 1.51. The largest absolute Gasteiger partial charge is 0.507 e. The lowest BCUT2D eigenvalue weighted by Crippen LogP contribution is -1.92. The van der Waals surface area contributed by atoms with Crippen molar-refractivity contribution in [2.24, 2.45) is 0 Å². The fourth-order valence-corrected chi connectivity index (χ4v) is 0.925. The van der Waals surface area contributed by atoms with E-state index in [4.69, 9.17) is 5.26 Å². The van der Waals surface area contributed by atoms with Gasteiger partial charge in [0.1, 0.15) is 11.5 Å². The molecule has 0 aliphatic carbocycles. The molecule has 0 heterocycles. The molecule has 0 saturated heterocycles. The van der Waals surface area contributed by atoms with Crippen molar-refractivity contribution >= 4 is 5.78 Å². The fourth-order valence-electron chi connectivity index (χ4n) is 0.925. The number of benzene rings is 1. The summed E-state index contributed by atoms with van der Waals surface area (Å²) in [6, 6.07) is 4.07.